The van der Waals surface area contributed by atoms with E-state index in [4.69, 9.17) is 4.42 Å². The van der Waals surface area contributed by atoms with Crippen LogP contribution in [0.1, 0.15) is 17.0 Å². The number of anilines is 1. The van der Waals surface area contributed by atoms with E-state index in [0.717, 1.165) is 33.3 Å². The summed E-state index contributed by atoms with van der Waals surface area (Å²) in [5, 5.41) is 12.0. The van der Waals surface area contributed by atoms with Crippen LogP contribution in [-0.2, 0) is 11.2 Å². The maximum atomic E-state index is 12.3. The first-order chi connectivity index (χ1) is 13.1. The van der Waals surface area contributed by atoms with Gasteiger partial charge in [0, 0.05) is 22.8 Å². The van der Waals surface area contributed by atoms with Gasteiger partial charge in [0.15, 0.2) is 0 Å². The molecule has 6 heteroatoms. The minimum atomic E-state index is -0.193. The summed E-state index contributed by atoms with van der Waals surface area (Å²) in [6.45, 7) is 3.98. The predicted octanol–water partition coefficient (Wildman–Crippen LogP) is 4.08. The number of aryl methyl sites for hydroxylation is 1. The van der Waals surface area contributed by atoms with Gasteiger partial charge in [-0.1, -0.05) is 18.2 Å². The lowest BCUT2D eigenvalue weighted by Crippen LogP contribution is -2.15. The lowest BCUT2D eigenvalue weighted by Gasteiger charge is -2.09. The molecule has 0 radical (unpaired) electrons. The van der Waals surface area contributed by atoms with Crippen LogP contribution in [0.15, 0.2) is 59.1 Å². The quantitative estimate of drug-likeness (QED) is 0.594. The number of nitrogens with zero attached hydrogens (tertiary/aromatic N) is 3. The summed E-state index contributed by atoms with van der Waals surface area (Å²) >= 11 is 0. The molecule has 0 fully saturated rings. The summed E-state index contributed by atoms with van der Waals surface area (Å²) in [5.74, 6) is 0.469. The van der Waals surface area contributed by atoms with Crippen molar-refractivity contribution in [2.45, 2.75) is 20.3 Å². The van der Waals surface area contributed by atoms with Gasteiger partial charge in [-0.25, -0.2) is 0 Å². The molecule has 0 atom stereocenters. The fourth-order valence-corrected chi connectivity index (χ4v) is 2.87. The zero-order chi connectivity index (χ0) is 18.8. The Labute approximate surface area is 156 Å². The van der Waals surface area contributed by atoms with E-state index in [1.165, 1.54) is 0 Å². The molecule has 27 heavy (non-hydrogen) atoms. The number of carbonyl (C=O) groups excluding carboxylic acids is 1. The van der Waals surface area contributed by atoms with E-state index < -0.39 is 0 Å². The molecule has 0 aliphatic heterocycles. The van der Waals surface area contributed by atoms with Gasteiger partial charge >= 0.3 is 0 Å². The van der Waals surface area contributed by atoms with Crippen LogP contribution in [0.2, 0.25) is 0 Å². The Morgan fingerprint density at radius 2 is 1.96 bits per heavy atom. The lowest BCUT2D eigenvalue weighted by molar-refractivity contribution is -0.115. The van der Waals surface area contributed by atoms with Gasteiger partial charge in [-0.2, -0.15) is 0 Å². The third-order valence-corrected chi connectivity index (χ3v) is 4.51. The second-order valence-electron chi connectivity index (χ2n) is 6.38. The van der Waals surface area contributed by atoms with Crippen molar-refractivity contribution in [2.75, 3.05) is 5.32 Å². The molecule has 2 aromatic carbocycles. The van der Waals surface area contributed by atoms with Crippen LogP contribution in [0.5, 0.6) is 0 Å². The largest absolute Gasteiger partial charge is 0.420 e. The Hall–Kier alpha value is -3.54. The van der Waals surface area contributed by atoms with Crippen LogP contribution in [0.4, 0.5) is 5.69 Å². The molecule has 134 valence electrons. The smallest absolute Gasteiger partial charge is 0.247 e. The SMILES string of the molecule is Cc1cccc(NC(=O)Cc2nnc(-c3ccc4ncccc4c3)o2)c1C. The van der Waals surface area contributed by atoms with Gasteiger partial charge in [0.2, 0.25) is 17.7 Å². The highest BCUT2D eigenvalue weighted by molar-refractivity contribution is 5.92. The summed E-state index contributed by atoms with van der Waals surface area (Å²) in [5.41, 5.74) is 4.65. The van der Waals surface area contributed by atoms with Crippen LogP contribution < -0.4 is 5.32 Å². The van der Waals surface area contributed by atoms with Gasteiger partial charge in [0.25, 0.3) is 0 Å². The highest BCUT2D eigenvalue weighted by Gasteiger charge is 2.14. The third kappa shape index (κ3) is 3.55. The van der Waals surface area contributed by atoms with E-state index in [9.17, 15) is 4.79 Å². The number of nitrogens with one attached hydrogen (secondary N) is 1. The maximum Gasteiger partial charge on any atom is 0.247 e. The van der Waals surface area contributed by atoms with E-state index in [-0.39, 0.29) is 18.2 Å². The number of hydrogen-bond donors (Lipinski definition) is 1. The summed E-state index contributed by atoms with van der Waals surface area (Å²) < 4.78 is 5.68. The number of rotatable bonds is 4. The van der Waals surface area contributed by atoms with E-state index in [1.807, 2.05) is 62.4 Å². The first-order valence-electron chi connectivity index (χ1n) is 8.64. The van der Waals surface area contributed by atoms with Crippen LogP contribution >= 0.6 is 0 Å². The molecule has 0 bridgehead atoms. The zero-order valence-electron chi connectivity index (χ0n) is 15.1. The fraction of sp³-hybridized carbons (Fsp3) is 0.143. The van der Waals surface area contributed by atoms with Crippen molar-refractivity contribution in [3.63, 3.8) is 0 Å². The number of aromatic nitrogens is 3. The molecule has 0 aliphatic rings. The van der Waals surface area contributed by atoms with Gasteiger partial charge < -0.3 is 9.73 Å². The Morgan fingerprint density at radius 1 is 1.07 bits per heavy atom. The van der Waals surface area contributed by atoms with Crippen molar-refractivity contribution in [1.29, 1.82) is 0 Å². The number of fused-ring (bicyclic) bond motifs is 1. The molecule has 2 heterocycles. The lowest BCUT2D eigenvalue weighted by atomic mass is 10.1. The molecule has 0 aliphatic carbocycles. The van der Waals surface area contributed by atoms with Crippen LogP contribution in [-0.4, -0.2) is 21.1 Å². The number of amides is 1. The Bertz CT molecular complexity index is 1130. The number of pyridine rings is 1. The number of benzene rings is 2. The first-order valence-corrected chi connectivity index (χ1v) is 8.64. The van der Waals surface area contributed by atoms with E-state index in [0.29, 0.717) is 5.89 Å². The normalized spacial score (nSPS) is 10.9. The summed E-state index contributed by atoms with van der Waals surface area (Å²) in [7, 11) is 0. The second kappa shape index (κ2) is 6.99. The van der Waals surface area contributed by atoms with Crippen molar-refractivity contribution in [3.05, 3.63) is 71.7 Å². The summed E-state index contributed by atoms with van der Waals surface area (Å²) in [6.07, 6.45) is 1.77. The number of hydrogen-bond acceptors (Lipinski definition) is 5. The highest BCUT2D eigenvalue weighted by atomic mass is 16.4. The molecule has 0 saturated heterocycles. The third-order valence-electron chi connectivity index (χ3n) is 4.51. The summed E-state index contributed by atoms with van der Waals surface area (Å²) in [4.78, 5) is 16.6. The molecule has 0 spiro atoms. The van der Waals surface area contributed by atoms with E-state index in [1.54, 1.807) is 6.20 Å². The highest BCUT2D eigenvalue weighted by Crippen LogP contribution is 2.23. The zero-order valence-corrected chi connectivity index (χ0v) is 15.1. The topological polar surface area (TPSA) is 80.9 Å². The average molecular weight is 358 g/mol. The van der Waals surface area contributed by atoms with Crippen molar-refractivity contribution < 1.29 is 9.21 Å². The average Bonchev–Trinajstić information content (AvgIpc) is 3.13. The van der Waals surface area contributed by atoms with Gasteiger partial charge in [0.1, 0.15) is 6.42 Å². The molecule has 4 aromatic rings. The van der Waals surface area contributed by atoms with Crippen molar-refractivity contribution in [1.82, 2.24) is 15.2 Å². The van der Waals surface area contributed by atoms with Gasteiger partial charge in [0.05, 0.1) is 5.52 Å². The maximum absolute atomic E-state index is 12.3. The minimum absolute atomic E-state index is 0.0233. The second-order valence-corrected chi connectivity index (χ2v) is 6.38. The van der Waals surface area contributed by atoms with Crippen LogP contribution in [0.25, 0.3) is 22.4 Å². The van der Waals surface area contributed by atoms with Crippen molar-refractivity contribution in [3.8, 4) is 11.5 Å². The summed E-state index contributed by atoms with van der Waals surface area (Å²) in [6, 6.07) is 15.4. The van der Waals surface area contributed by atoms with Gasteiger partial charge in [-0.15, -0.1) is 10.2 Å². The standard InChI is InChI=1S/C21H18N4O2/c1-13-5-3-7-17(14(13)2)23-19(26)12-20-24-25-21(27-20)16-8-9-18-15(11-16)6-4-10-22-18/h3-11H,12H2,1-2H3,(H,23,26). The molecule has 1 amide bonds. The molecule has 1 N–H and O–H groups in total. The Morgan fingerprint density at radius 3 is 2.85 bits per heavy atom. The predicted molar refractivity (Wildman–Crippen MR) is 103 cm³/mol. The van der Waals surface area contributed by atoms with E-state index in [2.05, 4.69) is 20.5 Å². The van der Waals surface area contributed by atoms with Gasteiger partial charge in [-0.05, 0) is 55.3 Å². The molecule has 4 rings (SSSR count). The first kappa shape index (κ1) is 16.9. The molecule has 2 aromatic heterocycles. The molecule has 0 unspecified atom stereocenters. The Balaban J connectivity index is 1.50. The fourth-order valence-electron chi connectivity index (χ4n) is 2.87. The molecule has 0 saturated carbocycles. The van der Waals surface area contributed by atoms with Crippen LogP contribution in [0, 0.1) is 13.8 Å². The van der Waals surface area contributed by atoms with Crippen molar-refractivity contribution in [2.24, 2.45) is 0 Å². The molecular weight excluding hydrogens is 340 g/mol. The minimum Gasteiger partial charge on any atom is -0.420 e. The Kier molecular flexibility index (Phi) is 4.38. The number of carbonyl (C=O) groups is 1. The molecule has 6 nitrogen and oxygen atoms in total. The monoisotopic (exact) mass is 358 g/mol. The van der Waals surface area contributed by atoms with Gasteiger partial charge in [-0.3, -0.25) is 9.78 Å². The van der Waals surface area contributed by atoms with E-state index >= 15 is 0 Å². The van der Waals surface area contributed by atoms with Crippen molar-refractivity contribution >= 4 is 22.5 Å². The van der Waals surface area contributed by atoms with Crippen LogP contribution in [0.3, 0.4) is 0 Å². The molecular formula is C21H18N4O2.